The van der Waals surface area contributed by atoms with E-state index in [-0.39, 0.29) is 0 Å². The fraction of sp³-hybridized carbons (Fsp3) is 0.462. The predicted molar refractivity (Wildman–Crippen MR) is 75.9 cm³/mol. The van der Waals surface area contributed by atoms with E-state index in [0.717, 1.165) is 36.2 Å². The fourth-order valence-corrected chi connectivity index (χ4v) is 2.81. The first-order valence-electron chi connectivity index (χ1n) is 6.54. The number of hydrogen-bond donors (Lipinski definition) is 1. The number of benzene rings is 1. The van der Waals surface area contributed by atoms with Gasteiger partial charge in [-0.1, -0.05) is 28.1 Å². The molecule has 0 saturated carbocycles. The Bertz CT molecular complexity index is 547. The fourth-order valence-electron chi connectivity index (χ4n) is 2.36. The van der Waals surface area contributed by atoms with Gasteiger partial charge in [-0.25, -0.2) is 0 Å². The van der Waals surface area contributed by atoms with Crippen LogP contribution >= 0.6 is 15.9 Å². The molecule has 1 fully saturated rings. The molecule has 0 spiro atoms. The van der Waals surface area contributed by atoms with E-state index in [1.54, 1.807) is 4.80 Å². The van der Waals surface area contributed by atoms with Gasteiger partial charge in [0.2, 0.25) is 0 Å². The summed E-state index contributed by atoms with van der Waals surface area (Å²) in [6.07, 6.45) is 2.20. The molecule has 3 rings (SSSR count). The Balaban J connectivity index is 1.70. The maximum atomic E-state index is 4.51. The van der Waals surface area contributed by atoms with Gasteiger partial charge in [-0.3, -0.25) is 0 Å². The van der Waals surface area contributed by atoms with Crippen LogP contribution in [0.5, 0.6) is 0 Å². The normalized spacial score (nSPS) is 16.7. The molecule has 0 aliphatic carbocycles. The average molecular weight is 322 g/mol. The van der Waals surface area contributed by atoms with Gasteiger partial charge in [0.15, 0.2) is 5.82 Å². The zero-order valence-electron chi connectivity index (χ0n) is 10.6. The van der Waals surface area contributed by atoms with Gasteiger partial charge < -0.3 is 5.32 Å². The first-order chi connectivity index (χ1) is 9.31. The minimum absolute atomic E-state index is 0.456. The van der Waals surface area contributed by atoms with Gasteiger partial charge in [-0.15, -0.1) is 10.2 Å². The summed E-state index contributed by atoms with van der Waals surface area (Å²) >= 11 is 3.47. The predicted octanol–water partition coefficient (Wildman–Crippen LogP) is 1.95. The SMILES string of the molecule is Brc1cccc(Cn2nnc(C3CCNCC3)n2)c1. The van der Waals surface area contributed by atoms with Crippen molar-refractivity contribution in [2.75, 3.05) is 13.1 Å². The molecule has 100 valence electrons. The molecule has 1 aliphatic rings. The van der Waals surface area contributed by atoms with Crippen LogP contribution in [0.2, 0.25) is 0 Å². The highest BCUT2D eigenvalue weighted by molar-refractivity contribution is 9.10. The molecule has 1 aromatic heterocycles. The van der Waals surface area contributed by atoms with E-state index < -0.39 is 0 Å². The number of nitrogens with one attached hydrogen (secondary N) is 1. The summed E-state index contributed by atoms with van der Waals surface area (Å²) in [5, 5.41) is 16.2. The molecule has 1 aromatic carbocycles. The first-order valence-corrected chi connectivity index (χ1v) is 7.33. The lowest BCUT2D eigenvalue weighted by molar-refractivity contribution is 0.442. The number of piperidine rings is 1. The van der Waals surface area contributed by atoms with Gasteiger partial charge in [-0.2, -0.15) is 4.80 Å². The number of hydrogen-bond acceptors (Lipinski definition) is 4. The van der Waals surface area contributed by atoms with Crippen molar-refractivity contribution >= 4 is 15.9 Å². The van der Waals surface area contributed by atoms with Gasteiger partial charge >= 0.3 is 0 Å². The average Bonchev–Trinajstić information content (AvgIpc) is 2.88. The molecule has 1 saturated heterocycles. The lowest BCUT2D eigenvalue weighted by Gasteiger charge is -2.19. The van der Waals surface area contributed by atoms with Crippen molar-refractivity contribution in [3.63, 3.8) is 0 Å². The van der Waals surface area contributed by atoms with Crippen molar-refractivity contribution in [1.29, 1.82) is 0 Å². The van der Waals surface area contributed by atoms with Crippen LogP contribution in [0.1, 0.15) is 30.1 Å². The molecule has 0 amide bonds. The van der Waals surface area contributed by atoms with Crippen molar-refractivity contribution in [2.45, 2.75) is 25.3 Å². The van der Waals surface area contributed by atoms with Crippen LogP contribution in [-0.4, -0.2) is 33.3 Å². The van der Waals surface area contributed by atoms with E-state index in [1.165, 1.54) is 5.56 Å². The van der Waals surface area contributed by atoms with Gasteiger partial charge in [0, 0.05) is 10.4 Å². The molecular weight excluding hydrogens is 306 g/mol. The number of rotatable bonds is 3. The third-order valence-corrected chi connectivity index (χ3v) is 3.88. The van der Waals surface area contributed by atoms with E-state index >= 15 is 0 Å². The van der Waals surface area contributed by atoms with Crippen LogP contribution in [0.3, 0.4) is 0 Å². The van der Waals surface area contributed by atoms with Crippen molar-refractivity contribution in [3.8, 4) is 0 Å². The molecule has 0 atom stereocenters. The molecule has 19 heavy (non-hydrogen) atoms. The highest BCUT2D eigenvalue weighted by atomic mass is 79.9. The van der Waals surface area contributed by atoms with E-state index in [1.807, 2.05) is 12.1 Å². The molecule has 1 N–H and O–H groups in total. The molecule has 0 unspecified atom stereocenters. The standard InChI is InChI=1S/C13H16BrN5/c14-12-3-1-2-10(8-12)9-19-17-13(16-18-19)11-4-6-15-7-5-11/h1-3,8,11,15H,4-7,9H2. The second-order valence-electron chi connectivity index (χ2n) is 4.83. The van der Waals surface area contributed by atoms with Crippen LogP contribution in [0.4, 0.5) is 0 Å². The van der Waals surface area contributed by atoms with Crippen LogP contribution in [-0.2, 0) is 6.54 Å². The van der Waals surface area contributed by atoms with Gasteiger partial charge in [0.25, 0.3) is 0 Å². The molecule has 0 radical (unpaired) electrons. The zero-order chi connectivity index (χ0) is 13.1. The van der Waals surface area contributed by atoms with Crippen LogP contribution < -0.4 is 5.32 Å². The molecule has 0 bridgehead atoms. The summed E-state index contributed by atoms with van der Waals surface area (Å²) in [4.78, 5) is 1.68. The quantitative estimate of drug-likeness (QED) is 0.938. The van der Waals surface area contributed by atoms with E-state index in [9.17, 15) is 0 Å². The van der Waals surface area contributed by atoms with Gasteiger partial charge in [0.1, 0.15) is 0 Å². The zero-order valence-corrected chi connectivity index (χ0v) is 12.2. The van der Waals surface area contributed by atoms with Crippen molar-refractivity contribution < 1.29 is 0 Å². The minimum atomic E-state index is 0.456. The van der Waals surface area contributed by atoms with Gasteiger partial charge in [-0.05, 0) is 48.8 Å². The van der Waals surface area contributed by atoms with Crippen molar-refractivity contribution in [1.82, 2.24) is 25.5 Å². The maximum absolute atomic E-state index is 4.51. The lowest BCUT2D eigenvalue weighted by Crippen LogP contribution is -2.27. The van der Waals surface area contributed by atoms with Gasteiger partial charge in [0.05, 0.1) is 6.54 Å². The Kier molecular flexibility index (Phi) is 3.89. The molecule has 1 aliphatic heterocycles. The third-order valence-electron chi connectivity index (χ3n) is 3.39. The Morgan fingerprint density at radius 1 is 1.32 bits per heavy atom. The molecular formula is C13H16BrN5. The van der Waals surface area contributed by atoms with E-state index in [4.69, 9.17) is 0 Å². The van der Waals surface area contributed by atoms with E-state index in [2.05, 4.69) is 48.8 Å². The number of aromatic nitrogens is 4. The maximum Gasteiger partial charge on any atom is 0.177 e. The molecule has 5 nitrogen and oxygen atoms in total. The smallest absolute Gasteiger partial charge is 0.177 e. The summed E-state index contributed by atoms with van der Waals surface area (Å²) in [5.41, 5.74) is 1.17. The second kappa shape index (κ2) is 5.79. The minimum Gasteiger partial charge on any atom is -0.317 e. The Morgan fingerprint density at radius 3 is 2.95 bits per heavy atom. The largest absolute Gasteiger partial charge is 0.317 e. The van der Waals surface area contributed by atoms with Crippen LogP contribution in [0, 0.1) is 0 Å². The summed E-state index contributed by atoms with van der Waals surface area (Å²) in [6, 6.07) is 8.18. The summed E-state index contributed by atoms with van der Waals surface area (Å²) < 4.78 is 1.07. The topological polar surface area (TPSA) is 55.6 Å². The number of tetrazole rings is 1. The monoisotopic (exact) mass is 321 g/mol. The highest BCUT2D eigenvalue weighted by Crippen LogP contribution is 2.21. The lowest BCUT2D eigenvalue weighted by atomic mass is 9.98. The summed E-state index contributed by atoms with van der Waals surface area (Å²) in [5.74, 6) is 1.34. The Labute approximate surface area is 120 Å². The molecule has 6 heteroatoms. The number of nitrogens with zero attached hydrogens (tertiary/aromatic N) is 4. The Morgan fingerprint density at radius 2 is 2.16 bits per heavy atom. The van der Waals surface area contributed by atoms with Crippen molar-refractivity contribution in [3.05, 3.63) is 40.1 Å². The van der Waals surface area contributed by atoms with E-state index in [0.29, 0.717) is 12.5 Å². The third kappa shape index (κ3) is 3.19. The molecule has 2 heterocycles. The van der Waals surface area contributed by atoms with Crippen LogP contribution in [0.25, 0.3) is 0 Å². The first kappa shape index (κ1) is 12.7. The number of halogens is 1. The highest BCUT2D eigenvalue weighted by Gasteiger charge is 2.19. The summed E-state index contributed by atoms with van der Waals surface area (Å²) in [6.45, 7) is 2.76. The summed E-state index contributed by atoms with van der Waals surface area (Å²) in [7, 11) is 0. The second-order valence-corrected chi connectivity index (χ2v) is 5.75. The van der Waals surface area contributed by atoms with Crippen LogP contribution in [0.15, 0.2) is 28.7 Å². The Hall–Kier alpha value is -1.27. The molecule has 2 aromatic rings. The van der Waals surface area contributed by atoms with Crippen molar-refractivity contribution in [2.24, 2.45) is 0 Å².